The topological polar surface area (TPSA) is 29.1 Å². The molecule has 0 spiro atoms. The van der Waals surface area contributed by atoms with Crippen LogP contribution >= 0.6 is 23.4 Å². The molecule has 0 aromatic rings. The van der Waals surface area contributed by atoms with Crippen LogP contribution in [0, 0.1) is 5.92 Å². The molecule has 0 rings (SSSR count). The van der Waals surface area contributed by atoms with Crippen LogP contribution < -0.4 is 5.32 Å². The predicted octanol–water partition coefficient (Wildman–Crippen LogP) is 1.34. The molecule has 1 amide bonds. The average molecular weight is 196 g/mol. The van der Waals surface area contributed by atoms with Crippen molar-refractivity contribution in [1.29, 1.82) is 0 Å². The Bertz CT molecular complexity index is 121. The van der Waals surface area contributed by atoms with Crippen molar-refractivity contribution >= 4 is 29.3 Å². The molecule has 0 fully saturated rings. The molecule has 0 aromatic heterocycles. The average Bonchev–Trinajstić information content (AvgIpc) is 2.01. The van der Waals surface area contributed by atoms with Gasteiger partial charge in [0.05, 0.1) is 0 Å². The highest BCUT2D eigenvalue weighted by Gasteiger charge is 2.02. The molecule has 0 saturated heterocycles. The summed E-state index contributed by atoms with van der Waals surface area (Å²) in [6.45, 7) is 2.83. The molecule has 4 heteroatoms. The lowest BCUT2D eigenvalue weighted by atomic mass is 10.2. The number of thioether (sulfide) groups is 1. The number of carbonyl (C=O) groups is 1. The van der Waals surface area contributed by atoms with E-state index >= 15 is 0 Å². The summed E-state index contributed by atoms with van der Waals surface area (Å²) in [4.78, 5) is 10.7. The highest BCUT2D eigenvalue weighted by Crippen LogP contribution is 2.02. The number of hydrogen-bond acceptors (Lipinski definition) is 2. The first-order chi connectivity index (χ1) is 5.20. The van der Waals surface area contributed by atoms with Crippen molar-refractivity contribution in [2.24, 2.45) is 5.92 Å². The fraction of sp³-hybridized carbons (Fsp3) is 0.857. The normalized spacial score (nSPS) is 12.6. The molecule has 0 aromatic carbocycles. The van der Waals surface area contributed by atoms with E-state index in [-0.39, 0.29) is 11.8 Å². The standard InChI is InChI=1S/C7H14ClNOS/c1-6(5-11-2)4-9-7(10)3-8/h6H,3-5H2,1-2H3,(H,9,10). The van der Waals surface area contributed by atoms with Crippen LogP contribution in [0.2, 0.25) is 0 Å². The van der Waals surface area contributed by atoms with Gasteiger partial charge in [-0.2, -0.15) is 11.8 Å². The minimum Gasteiger partial charge on any atom is -0.355 e. The van der Waals surface area contributed by atoms with Gasteiger partial charge in [-0.05, 0) is 17.9 Å². The molecule has 1 atom stereocenters. The summed E-state index contributed by atoms with van der Waals surface area (Å²) in [7, 11) is 0. The summed E-state index contributed by atoms with van der Waals surface area (Å²) in [5.74, 6) is 1.57. The van der Waals surface area contributed by atoms with Crippen molar-refractivity contribution in [2.75, 3.05) is 24.4 Å². The van der Waals surface area contributed by atoms with Crippen LogP contribution in [0.15, 0.2) is 0 Å². The summed E-state index contributed by atoms with van der Waals surface area (Å²) >= 11 is 7.08. The zero-order valence-electron chi connectivity index (χ0n) is 6.89. The Morgan fingerprint density at radius 2 is 2.36 bits per heavy atom. The van der Waals surface area contributed by atoms with Crippen LogP contribution in [-0.2, 0) is 4.79 Å². The molecule has 0 radical (unpaired) electrons. The number of nitrogens with one attached hydrogen (secondary N) is 1. The first kappa shape index (κ1) is 11.1. The molecular weight excluding hydrogens is 182 g/mol. The summed E-state index contributed by atoms with van der Waals surface area (Å²) in [6, 6.07) is 0. The van der Waals surface area contributed by atoms with Gasteiger partial charge in [0.1, 0.15) is 5.88 Å². The van der Waals surface area contributed by atoms with Gasteiger partial charge in [-0.15, -0.1) is 11.6 Å². The van der Waals surface area contributed by atoms with E-state index in [1.54, 1.807) is 11.8 Å². The van der Waals surface area contributed by atoms with Gasteiger partial charge >= 0.3 is 0 Å². The molecule has 0 aliphatic carbocycles. The third-order valence-electron chi connectivity index (χ3n) is 1.22. The van der Waals surface area contributed by atoms with Gasteiger partial charge in [0.2, 0.25) is 5.91 Å². The highest BCUT2D eigenvalue weighted by atomic mass is 35.5. The van der Waals surface area contributed by atoms with Crippen LogP contribution in [-0.4, -0.2) is 30.3 Å². The number of amides is 1. The van der Waals surface area contributed by atoms with Crippen molar-refractivity contribution in [2.45, 2.75) is 6.92 Å². The lowest BCUT2D eigenvalue weighted by Gasteiger charge is -2.09. The number of carbonyl (C=O) groups excluding carboxylic acids is 1. The van der Waals surface area contributed by atoms with E-state index < -0.39 is 0 Å². The molecule has 0 heterocycles. The molecule has 1 N–H and O–H groups in total. The molecule has 0 aliphatic rings. The monoisotopic (exact) mass is 195 g/mol. The Morgan fingerprint density at radius 3 is 2.82 bits per heavy atom. The first-order valence-electron chi connectivity index (χ1n) is 3.52. The van der Waals surface area contributed by atoms with Crippen molar-refractivity contribution in [3.05, 3.63) is 0 Å². The van der Waals surface area contributed by atoms with Crippen LogP contribution in [0.3, 0.4) is 0 Å². The molecule has 0 saturated carbocycles. The highest BCUT2D eigenvalue weighted by molar-refractivity contribution is 7.98. The second-order valence-corrected chi connectivity index (χ2v) is 3.68. The molecule has 0 bridgehead atoms. The van der Waals surface area contributed by atoms with E-state index in [2.05, 4.69) is 18.5 Å². The van der Waals surface area contributed by atoms with Gasteiger partial charge in [-0.25, -0.2) is 0 Å². The first-order valence-corrected chi connectivity index (χ1v) is 5.45. The fourth-order valence-corrected chi connectivity index (χ4v) is 1.46. The van der Waals surface area contributed by atoms with Crippen molar-refractivity contribution in [1.82, 2.24) is 5.32 Å². The van der Waals surface area contributed by atoms with E-state index in [4.69, 9.17) is 11.6 Å². The van der Waals surface area contributed by atoms with E-state index in [0.29, 0.717) is 5.92 Å². The van der Waals surface area contributed by atoms with E-state index in [9.17, 15) is 4.79 Å². The fourth-order valence-electron chi connectivity index (χ4n) is 0.679. The Hall–Kier alpha value is 0.110. The summed E-state index contributed by atoms with van der Waals surface area (Å²) in [6.07, 6.45) is 2.06. The number of alkyl halides is 1. The third-order valence-corrected chi connectivity index (χ3v) is 2.37. The summed E-state index contributed by atoms with van der Waals surface area (Å²) in [5.41, 5.74) is 0. The van der Waals surface area contributed by atoms with Gasteiger partial charge in [0.15, 0.2) is 0 Å². The Kier molecular flexibility index (Phi) is 6.87. The maximum atomic E-state index is 10.7. The second kappa shape index (κ2) is 6.80. The smallest absolute Gasteiger partial charge is 0.234 e. The van der Waals surface area contributed by atoms with Gasteiger partial charge in [-0.3, -0.25) is 4.79 Å². The van der Waals surface area contributed by atoms with Gasteiger partial charge in [-0.1, -0.05) is 6.92 Å². The van der Waals surface area contributed by atoms with Gasteiger partial charge in [0, 0.05) is 6.54 Å². The summed E-state index contributed by atoms with van der Waals surface area (Å²) < 4.78 is 0. The molecule has 1 unspecified atom stereocenters. The van der Waals surface area contributed by atoms with E-state index in [1.165, 1.54) is 0 Å². The molecular formula is C7H14ClNOS. The van der Waals surface area contributed by atoms with Crippen LogP contribution in [0.1, 0.15) is 6.92 Å². The minimum atomic E-state index is -0.0837. The SMILES string of the molecule is CSCC(C)CNC(=O)CCl. The molecule has 2 nitrogen and oxygen atoms in total. The van der Waals surface area contributed by atoms with Gasteiger partial charge in [0.25, 0.3) is 0 Å². The lowest BCUT2D eigenvalue weighted by Crippen LogP contribution is -2.29. The molecule has 11 heavy (non-hydrogen) atoms. The zero-order chi connectivity index (χ0) is 8.69. The molecule has 0 aliphatic heterocycles. The van der Waals surface area contributed by atoms with Crippen molar-refractivity contribution < 1.29 is 4.79 Å². The van der Waals surface area contributed by atoms with E-state index in [0.717, 1.165) is 12.3 Å². The lowest BCUT2D eigenvalue weighted by molar-refractivity contribution is -0.118. The minimum absolute atomic E-state index is 0.0615. The maximum absolute atomic E-state index is 10.7. The maximum Gasteiger partial charge on any atom is 0.234 e. The van der Waals surface area contributed by atoms with Gasteiger partial charge < -0.3 is 5.32 Å². The quantitative estimate of drug-likeness (QED) is 0.671. The number of halogens is 1. The van der Waals surface area contributed by atoms with E-state index in [1.807, 2.05) is 0 Å². The summed E-state index contributed by atoms with van der Waals surface area (Å²) in [5, 5.41) is 2.73. The number of hydrogen-bond donors (Lipinski definition) is 1. The Morgan fingerprint density at radius 1 is 1.73 bits per heavy atom. The predicted molar refractivity (Wildman–Crippen MR) is 51.3 cm³/mol. The molecule has 66 valence electrons. The second-order valence-electron chi connectivity index (χ2n) is 2.50. The number of rotatable bonds is 5. The van der Waals surface area contributed by atoms with Crippen molar-refractivity contribution in [3.8, 4) is 0 Å². The van der Waals surface area contributed by atoms with Crippen LogP contribution in [0.25, 0.3) is 0 Å². The van der Waals surface area contributed by atoms with Crippen LogP contribution in [0.5, 0.6) is 0 Å². The Labute approximate surface area is 77.1 Å². The van der Waals surface area contributed by atoms with Crippen LogP contribution in [0.4, 0.5) is 0 Å². The third kappa shape index (κ3) is 6.51. The zero-order valence-corrected chi connectivity index (χ0v) is 8.47. The Balaban J connectivity index is 3.29. The van der Waals surface area contributed by atoms with Crippen molar-refractivity contribution in [3.63, 3.8) is 0 Å². The largest absolute Gasteiger partial charge is 0.355 e.